The number of pyridine rings is 1. The maximum Gasteiger partial charge on any atom is 0.251 e. The fourth-order valence-corrected chi connectivity index (χ4v) is 4.36. The molecule has 3 N–H and O–H groups in total. The lowest BCUT2D eigenvalue weighted by molar-refractivity contribution is 0.0953. The van der Waals surface area contributed by atoms with Crippen LogP contribution in [0.2, 0.25) is 0 Å². The zero-order valence-corrected chi connectivity index (χ0v) is 19.6. The van der Waals surface area contributed by atoms with Gasteiger partial charge in [-0.2, -0.15) is 0 Å². The Bertz CT molecular complexity index is 1260. The number of rotatable bonds is 9. The number of anilines is 2. The van der Waals surface area contributed by atoms with Gasteiger partial charge in [0.2, 0.25) is 0 Å². The summed E-state index contributed by atoms with van der Waals surface area (Å²) in [6, 6.07) is 15.8. The zero-order valence-electron chi connectivity index (χ0n) is 19.6. The molecule has 0 fully saturated rings. The molecule has 1 amide bonds. The molecule has 7 heteroatoms. The molecule has 33 heavy (non-hydrogen) atoms. The number of nitrogen functional groups attached to an aromatic ring is 1. The van der Waals surface area contributed by atoms with Crippen molar-refractivity contribution in [2.75, 3.05) is 30.3 Å². The quantitative estimate of drug-likeness (QED) is 0.370. The van der Waals surface area contributed by atoms with Gasteiger partial charge in [-0.15, -0.1) is 0 Å². The second kappa shape index (κ2) is 9.90. The molecule has 0 bridgehead atoms. The number of benzene rings is 2. The number of fused-ring (bicyclic) bond motifs is 3. The van der Waals surface area contributed by atoms with Gasteiger partial charge in [0.15, 0.2) is 5.82 Å². The first kappa shape index (κ1) is 22.6. The summed E-state index contributed by atoms with van der Waals surface area (Å²) in [6.07, 6.45) is 1.80. The third-order valence-corrected chi connectivity index (χ3v) is 6.15. The van der Waals surface area contributed by atoms with Crippen LogP contribution in [-0.2, 0) is 6.54 Å². The predicted molar refractivity (Wildman–Crippen MR) is 136 cm³/mol. The number of para-hydroxylation sites is 1. The second-order valence-electron chi connectivity index (χ2n) is 8.20. The van der Waals surface area contributed by atoms with Crippen LogP contribution >= 0.6 is 0 Å². The van der Waals surface area contributed by atoms with E-state index in [0.29, 0.717) is 17.9 Å². The van der Waals surface area contributed by atoms with E-state index in [9.17, 15) is 4.79 Å². The van der Waals surface area contributed by atoms with Gasteiger partial charge in [0.1, 0.15) is 11.3 Å². The van der Waals surface area contributed by atoms with Crippen LogP contribution in [0.1, 0.15) is 42.9 Å². The molecular weight excluding hydrogens is 412 g/mol. The normalized spacial score (nSPS) is 11.2. The number of carbonyl (C=O) groups excluding carboxylic acids is 1. The molecule has 0 saturated heterocycles. The number of nitrogens with two attached hydrogens (primary N) is 1. The second-order valence-corrected chi connectivity index (χ2v) is 8.20. The highest BCUT2D eigenvalue weighted by Gasteiger charge is 2.15. The van der Waals surface area contributed by atoms with E-state index in [1.54, 1.807) is 0 Å². The van der Waals surface area contributed by atoms with E-state index in [4.69, 9.17) is 5.73 Å². The van der Waals surface area contributed by atoms with Crippen LogP contribution in [0.25, 0.3) is 21.9 Å². The van der Waals surface area contributed by atoms with Crippen LogP contribution in [0.5, 0.6) is 0 Å². The maximum atomic E-state index is 12.5. The number of unbranched alkanes of at least 4 members (excludes halogenated alkanes) is 1. The van der Waals surface area contributed by atoms with Gasteiger partial charge in [0.05, 0.1) is 11.0 Å². The summed E-state index contributed by atoms with van der Waals surface area (Å²) in [5, 5.41) is 4.10. The van der Waals surface area contributed by atoms with Crippen LogP contribution in [-0.4, -0.2) is 40.1 Å². The average molecular weight is 445 g/mol. The third-order valence-electron chi connectivity index (χ3n) is 6.15. The Morgan fingerprint density at radius 3 is 2.48 bits per heavy atom. The monoisotopic (exact) mass is 444 g/mol. The SMILES string of the molecule is CCN(CC)c1ccc(C(=O)NCCCCn2c(C)nc3c(N)nc4ccccc4c32)cc1. The van der Waals surface area contributed by atoms with E-state index in [0.717, 1.165) is 65.9 Å². The average Bonchev–Trinajstić information content (AvgIpc) is 3.17. The van der Waals surface area contributed by atoms with Gasteiger partial charge in [0, 0.05) is 42.8 Å². The van der Waals surface area contributed by atoms with Crippen LogP contribution in [0.15, 0.2) is 48.5 Å². The molecule has 0 spiro atoms. The van der Waals surface area contributed by atoms with Crippen molar-refractivity contribution in [1.29, 1.82) is 0 Å². The minimum absolute atomic E-state index is 0.0322. The number of imidazole rings is 1. The van der Waals surface area contributed by atoms with Gasteiger partial charge in [-0.3, -0.25) is 4.79 Å². The van der Waals surface area contributed by atoms with Crippen LogP contribution in [0, 0.1) is 6.92 Å². The number of aryl methyl sites for hydroxylation is 2. The van der Waals surface area contributed by atoms with Crippen molar-refractivity contribution in [2.45, 2.75) is 40.2 Å². The lowest BCUT2D eigenvalue weighted by Crippen LogP contribution is -2.25. The summed E-state index contributed by atoms with van der Waals surface area (Å²) in [6.45, 7) is 9.60. The fourth-order valence-electron chi connectivity index (χ4n) is 4.36. The van der Waals surface area contributed by atoms with Gasteiger partial charge < -0.3 is 20.5 Å². The Balaban J connectivity index is 1.36. The Morgan fingerprint density at radius 2 is 1.76 bits per heavy atom. The zero-order chi connectivity index (χ0) is 23.4. The Hall–Kier alpha value is -3.61. The summed E-state index contributed by atoms with van der Waals surface area (Å²) in [5.74, 6) is 1.35. The molecule has 172 valence electrons. The molecular formula is C26H32N6O. The van der Waals surface area contributed by atoms with Crippen molar-refractivity contribution in [2.24, 2.45) is 0 Å². The summed E-state index contributed by atoms with van der Waals surface area (Å²) >= 11 is 0. The Labute approximate surface area is 194 Å². The first-order valence-corrected chi connectivity index (χ1v) is 11.7. The van der Waals surface area contributed by atoms with Gasteiger partial charge in [-0.25, -0.2) is 9.97 Å². The first-order valence-electron chi connectivity index (χ1n) is 11.7. The van der Waals surface area contributed by atoms with Crippen molar-refractivity contribution < 1.29 is 4.79 Å². The lowest BCUT2D eigenvalue weighted by Gasteiger charge is -2.21. The van der Waals surface area contributed by atoms with Crippen LogP contribution in [0.3, 0.4) is 0 Å². The molecule has 0 atom stereocenters. The van der Waals surface area contributed by atoms with Crippen molar-refractivity contribution in [3.8, 4) is 0 Å². The number of hydrogen-bond donors (Lipinski definition) is 2. The highest BCUT2D eigenvalue weighted by atomic mass is 16.1. The number of carbonyl (C=O) groups is 1. The third kappa shape index (κ3) is 4.62. The molecule has 2 heterocycles. The molecule has 7 nitrogen and oxygen atoms in total. The van der Waals surface area contributed by atoms with Crippen molar-refractivity contribution in [1.82, 2.24) is 19.9 Å². The number of nitrogens with zero attached hydrogens (tertiary/aromatic N) is 4. The fraction of sp³-hybridized carbons (Fsp3) is 0.346. The molecule has 0 aliphatic carbocycles. The summed E-state index contributed by atoms with van der Waals surface area (Å²) in [7, 11) is 0. The molecule has 0 unspecified atom stereocenters. The van der Waals surface area contributed by atoms with E-state index in [1.807, 2.05) is 49.4 Å². The topological polar surface area (TPSA) is 89.1 Å². The standard InChI is InChI=1S/C26H32N6O/c1-4-31(5-2)20-14-12-19(13-15-20)26(33)28-16-8-9-17-32-18(3)29-23-24(32)21-10-6-7-11-22(21)30-25(23)27/h6-7,10-15H,4-5,8-9,16-17H2,1-3H3,(H2,27,30)(H,28,33). The van der Waals surface area contributed by atoms with Gasteiger partial charge in [-0.1, -0.05) is 18.2 Å². The molecule has 2 aromatic carbocycles. The molecule has 4 rings (SSSR count). The maximum absolute atomic E-state index is 12.5. The largest absolute Gasteiger partial charge is 0.382 e. The summed E-state index contributed by atoms with van der Waals surface area (Å²) in [5.41, 5.74) is 10.7. The Morgan fingerprint density at radius 1 is 1.03 bits per heavy atom. The Kier molecular flexibility index (Phi) is 6.77. The number of nitrogens with one attached hydrogen (secondary N) is 1. The molecule has 0 aliphatic rings. The van der Waals surface area contributed by atoms with Crippen molar-refractivity contribution >= 4 is 39.3 Å². The van der Waals surface area contributed by atoms with Gasteiger partial charge >= 0.3 is 0 Å². The van der Waals surface area contributed by atoms with Gasteiger partial charge in [-0.05, 0) is 63.9 Å². The summed E-state index contributed by atoms with van der Waals surface area (Å²) in [4.78, 5) is 23.9. The minimum Gasteiger partial charge on any atom is -0.382 e. The molecule has 0 radical (unpaired) electrons. The number of aromatic nitrogens is 3. The first-order chi connectivity index (χ1) is 16.0. The molecule has 2 aromatic heterocycles. The van der Waals surface area contributed by atoms with E-state index >= 15 is 0 Å². The van der Waals surface area contributed by atoms with Crippen LogP contribution < -0.4 is 16.0 Å². The molecule has 4 aromatic rings. The molecule has 0 aliphatic heterocycles. The highest BCUT2D eigenvalue weighted by Crippen LogP contribution is 2.28. The number of hydrogen-bond acceptors (Lipinski definition) is 5. The van der Waals surface area contributed by atoms with E-state index in [1.165, 1.54) is 0 Å². The predicted octanol–water partition coefficient (Wildman–Crippen LogP) is 4.53. The van der Waals surface area contributed by atoms with Crippen molar-refractivity contribution in [3.63, 3.8) is 0 Å². The smallest absolute Gasteiger partial charge is 0.251 e. The van der Waals surface area contributed by atoms with Crippen molar-refractivity contribution in [3.05, 3.63) is 59.9 Å². The number of amides is 1. The van der Waals surface area contributed by atoms with E-state index in [-0.39, 0.29) is 5.91 Å². The van der Waals surface area contributed by atoms with Crippen LogP contribution in [0.4, 0.5) is 11.5 Å². The van der Waals surface area contributed by atoms with Gasteiger partial charge in [0.25, 0.3) is 5.91 Å². The van der Waals surface area contributed by atoms with E-state index in [2.05, 4.69) is 44.7 Å². The van der Waals surface area contributed by atoms with E-state index < -0.39 is 0 Å². The summed E-state index contributed by atoms with van der Waals surface area (Å²) < 4.78 is 2.21. The molecule has 0 saturated carbocycles. The minimum atomic E-state index is -0.0322. The lowest BCUT2D eigenvalue weighted by atomic mass is 10.1. The highest BCUT2D eigenvalue weighted by molar-refractivity contribution is 6.06.